The van der Waals surface area contributed by atoms with Crippen LogP contribution in [0.4, 0.5) is 0 Å². The monoisotopic (exact) mass is 406 g/mol. The van der Waals surface area contributed by atoms with Gasteiger partial charge < -0.3 is 20.7 Å². The molecular weight excluding hydrogens is 384 g/mol. The number of hydrogen-bond acceptors (Lipinski definition) is 6. The number of benzene rings is 2. The van der Waals surface area contributed by atoms with Gasteiger partial charge in [-0.3, -0.25) is 9.69 Å². The van der Waals surface area contributed by atoms with E-state index in [1.807, 2.05) is 12.1 Å². The smallest absolute Gasteiger partial charge is 0.269 e. The van der Waals surface area contributed by atoms with Crippen LogP contribution >= 0.6 is 0 Å². The molecule has 2 atom stereocenters. The van der Waals surface area contributed by atoms with Crippen molar-refractivity contribution >= 4 is 16.8 Å². The molecule has 1 amide bonds. The van der Waals surface area contributed by atoms with E-state index in [1.54, 1.807) is 54.1 Å². The van der Waals surface area contributed by atoms with Crippen molar-refractivity contribution < 1.29 is 19.7 Å². The van der Waals surface area contributed by atoms with E-state index in [-0.39, 0.29) is 5.69 Å². The molecule has 2 heterocycles. The van der Waals surface area contributed by atoms with Crippen molar-refractivity contribution in [3.8, 4) is 23.3 Å². The van der Waals surface area contributed by atoms with E-state index in [1.165, 1.54) is 0 Å². The molecule has 8 nitrogen and oxygen atoms in total. The van der Waals surface area contributed by atoms with Crippen LogP contribution in [0.3, 0.4) is 0 Å². The number of rotatable bonds is 3. The molecule has 3 aromatic rings. The Morgan fingerprint density at radius 2 is 2.13 bits per heavy atom. The summed E-state index contributed by atoms with van der Waals surface area (Å²) in [6.45, 7) is 0.561. The van der Waals surface area contributed by atoms with E-state index in [9.17, 15) is 15.0 Å². The first-order chi connectivity index (χ1) is 14.3. The van der Waals surface area contributed by atoms with Gasteiger partial charge in [-0.1, -0.05) is 17.9 Å². The standard InChI is InChI=1S/C22H22N4O4/c1-25-11-10-22(29,21(25)28)9-8-14-4-3-5-15(12-14)26-18-7-6-16(30-2)13-17(18)19(24-26)20(23)27/h3-7,12-13,21,28-29H,10-11H2,1-2H3,(H2,23,27). The molecular formula is C22H22N4O4. The van der Waals surface area contributed by atoms with Gasteiger partial charge in [-0.25, -0.2) is 4.68 Å². The highest BCUT2D eigenvalue weighted by molar-refractivity contribution is 6.04. The fourth-order valence-electron chi connectivity index (χ4n) is 3.59. The minimum absolute atomic E-state index is 0.145. The highest BCUT2D eigenvalue weighted by atomic mass is 16.5. The van der Waals surface area contributed by atoms with Gasteiger partial charge in [0.25, 0.3) is 5.91 Å². The van der Waals surface area contributed by atoms with Crippen LogP contribution in [0.25, 0.3) is 16.6 Å². The molecule has 8 heteroatoms. The van der Waals surface area contributed by atoms with E-state index < -0.39 is 17.7 Å². The first-order valence-electron chi connectivity index (χ1n) is 9.43. The first-order valence-corrected chi connectivity index (χ1v) is 9.43. The summed E-state index contributed by atoms with van der Waals surface area (Å²) >= 11 is 0. The van der Waals surface area contributed by atoms with E-state index in [0.717, 1.165) is 0 Å². The summed E-state index contributed by atoms with van der Waals surface area (Å²) in [6, 6.07) is 12.5. The van der Waals surface area contributed by atoms with Gasteiger partial charge in [0.15, 0.2) is 11.3 Å². The second-order valence-electron chi connectivity index (χ2n) is 7.34. The summed E-state index contributed by atoms with van der Waals surface area (Å²) in [4.78, 5) is 13.5. The maximum atomic E-state index is 11.9. The molecule has 154 valence electrons. The molecule has 1 aliphatic heterocycles. The van der Waals surface area contributed by atoms with Crippen LogP contribution in [0.5, 0.6) is 5.75 Å². The molecule has 2 unspecified atom stereocenters. The second-order valence-corrected chi connectivity index (χ2v) is 7.34. The lowest BCUT2D eigenvalue weighted by Crippen LogP contribution is -2.42. The minimum Gasteiger partial charge on any atom is -0.497 e. The van der Waals surface area contributed by atoms with Gasteiger partial charge in [-0.15, -0.1) is 0 Å². The number of likely N-dealkylation sites (tertiary alicyclic amines) is 1. The SMILES string of the molecule is COc1ccc2c(c1)c(C(N)=O)nn2-c1cccc(C#CC2(O)CCN(C)C2O)c1. The lowest BCUT2D eigenvalue weighted by molar-refractivity contribution is -0.0633. The summed E-state index contributed by atoms with van der Waals surface area (Å²) < 4.78 is 6.86. The van der Waals surface area contributed by atoms with Gasteiger partial charge in [-0.2, -0.15) is 5.10 Å². The van der Waals surface area contributed by atoms with Crippen LogP contribution in [-0.2, 0) is 0 Å². The Hall–Kier alpha value is -3.38. The molecule has 1 aliphatic rings. The average molecular weight is 406 g/mol. The van der Waals surface area contributed by atoms with Crippen molar-refractivity contribution in [2.45, 2.75) is 18.2 Å². The highest BCUT2D eigenvalue weighted by Crippen LogP contribution is 2.27. The van der Waals surface area contributed by atoms with Gasteiger partial charge in [0.1, 0.15) is 12.0 Å². The molecule has 0 aliphatic carbocycles. The molecule has 2 aromatic carbocycles. The molecule has 1 fully saturated rings. The molecule has 0 radical (unpaired) electrons. The molecule has 0 spiro atoms. The van der Waals surface area contributed by atoms with Crippen molar-refractivity contribution in [3.05, 3.63) is 53.7 Å². The van der Waals surface area contributed by atoms with E-state index >= 15 is 0 Å². The minimum atomic E-state index is -1.47. The third-order valence-electron chi connectivity index (χ3n) is 5.32. The molecule has 4 N–H and O–H groups in total. The number of primary amides is 1. The van der Waals surface area contributed by atoms with Crippen LogP contribution in [-0.4, -0.2) is 63.3 Å². The fraction of sp³-hybridized carbons (Fsp3) is 0.273. The van der Waals surface area contributed by atoms with Gasteiger partial charge >= 0.3 is 0 Å². The molecule has 1 aromatic heterocycles. The quantitative estimate of drug-likeness (QED) is 0.556. The van der Waals surface area contributed by atoms with Gasteiger partial charge in [-0.05, 0) is 43.4 Å². The number of carbonyl (C=O) groups is 1. The van der Waals surface area contributed by atoms with Crippen molar-refractivity contribution in [3.63, 3.8) is 0 Å². The third kappa shape index (κ3) is 3.39. The third-order valence-corrected chi connectivity index (χ3v) is 5.32. The Balaban J connectivity index is 1.76. The predicted molar refractivity (Wildman–Crippen MR) is 111 cm³/mol. The average Bonchev–Trinajstić information content (AvgIpc) is 3.26. The normalized spacial score (nSPS) is 21.4. The number of fused-ring (bicyclic) bond motifs is 1. The molecule has 0 bridgehead atoms. The predicted octanol–water partition coefficient (Wildman–Crippen LogP) is 0.869. The number of likely N-dealkylation sites (N-methyl/N-ethyl adjacent to an activating group) is 1. The van der Waals surface area contributed by atoms with E-state index in [2.05, 4.69) is 16.9 Å². The molecule has 0 saturated carbocycles. The summed E-state index contributed by atoms with van der Waals surface area (Å²) in [5, 5.41) is 25.7. The highest BCUT2D eigenvalue weighted by Gasteiger charge is 2.42. The van der Waals surface area contributed by atoms with Crippen LogP contribution in [0, 0.1) is 11.8 Å². The summed E-state index contributed by atoms with van der Waals surface area (Å²) in [5.41, 5.74) is 6.20. The largest absolute Gasteiger partial charge is 0.497 e. The zero-order chi connectivity index (χ0) is 21.5. The van der Waals surface area contributed by atoms with Crippen molar-refractivity contribution in [2.75, 3.05) is 20.7 Å². The number of ether oxygens (including phenoxy) is 1. The van der Waals surface area contributed by atoms with Crippen molar-refractivity contribution in [2.24, 2.45) is 5.73 Å². The molecule has 4 rings (SSSR count). The van der Waals surface area contributed by atoms with Crippen LogP contribution in [0.2, 0.25) is 0 Å². The number of carbonyl (C=O) groups excluding carboxylic acids is 1. The first kappa shape index (κ1) is 19.9. The molecule has 1 saturated heterocycles. The Bertz CT molecular complexity index is 1190. The number of nitrogens with two attached hydrogens (primary N) is 1. The number of aliphatic hydroxyl groups is 2. The Kier molecular flexibility index (Phi) is 4.95. The zero-order valence-corrected chi connectivity index (χ0v) is 16.7. The second kappa shape index (κ2) is 7.46. The number of methoxy groups -OCH3 is 1. The van der Waals surface area contributed by atoms with Gasteiger partial charge in [0, 0.05) is 23.9 Å². The Morgan fingerprint density at radius 1 is 1.33 bits per heavy atom. The zero-order valence-electron chi connectivity index (χ0n) is 16.7. The topological polar surface area (TPSA) is 114 Å². The maximum Gasteiger partial charge on any atom is 0.269 e. The van der Waals surface area contributed by atoms with Crippen LogP contribution in [0.15, 0.2) is 42.5 Å². The van der Waals surface area contributed by atoms with E-state index in [4.69, 9.17) is 10.5 Å². The maximum absolute atomic E-state index is 11.9. The number of hydrogen-bond donors (Lipinski definition) is 3. The summed E-state index contributed by atoms with van der Waals surface area (Å²) in [6.07, 6.45) is -0.665. The lowest BCUT2D eigenvalue weighted by atomic mass is 10.0. The van der Waals surface area contributed by atoms with Crippen molar-refractivity contribution in [1.82, 2.24) is 14.7 Å². The van der Waals surface area contributed by atoms with Gasteiger partial charge in [0.2, 0.25) is 0 Å². The lowest BCUT2D eigenvalue weighted by Gasteiger charge is -2.22. The van der Waals surface area contributed by atoms with Gasteiger partial charge in [0.05, 0.1) is 18.3 Å². The Morgan fingerprint density at radius 3 is 2.80 bits per heavy atom. The van der Waals surface area contributed by atoms with Crippen LogP contribution < -0.4 is 10.5 Å². The molecule has 30 heavy (non-hydrogen) atoms. The van der Waals surface area contributed by atoms with E-state index in [0.29, 0.717) is 40.9 Å². The number of nitrogens with zero attached hydrogens (tertiary/aromatic N) is 3. The number of aromatic nitrogens is 2. The summed E-state index contributed by atoms with van der Waals surface area (Å²) in [5.74, 6) is 5.71. The fourth-order valence-corrected chi connectivity index (χ4v) is 3.59. The number of aliphatic hydroxyl groups excluding tert-OH is 1. The number of amides is 1. The van der Waals surface area contributed by atoms with Crippen LogP contribution in [0.1, 0.15) is 22.5 Å². The van der Waals surface area contributed by atoms with Crippen molar-refractivity contribution in [1.29, 1.82) is 0 Å². The Labute approximate surface area is 173 Å². The summed E-state index contributed by atoms with van der Waals surface area (Å²) in [7, 11) is 3.28.